The first-order valence-corrected chi connectivity index (χ1v) is 10.0. The van der Waals surface area contributed by atoms with Crippen LogP contribution in [0.25, 0.3) is 0 Å². The molecule has 0 spiro atoms. The van der Waals surface area contributed by atoms with E-state index in [4.69, 9.17) is 9.47 Å². The van der Waals surface area contributed by atoms with Crippen LogP contribution in [-0.2, 0) is 15.0 Å². The average molecular weight is 407 g/mol. The molecule has 0 aliphatic rings. The summed E-state index contributed by atoms with van der Waals surface area (Å²) in [7, 11) is 0.605. The van der Waals surface area contributed by atoms with Gasteiger partial charge in [0.1, 0.15) is 24.7 Å². The van der Waals surface area contributed by atoms with Crippen LogP contribution in [-0.4, -0.2) is 59.5 Å². The molecule has 9 heteroatoms. The lowest BCUT2D eigenvalue weighted by atomic mass is 10.3. The molecular weight excluding hydrogens is 382 g/mol. The van der Waals surface area contributed by atoms with Crippen LogP contribution in [0, 0.1) is 0 Å². The van der Waals surface area contributed by atoms with E-state index in [1.807, 2.05) is 0 Å². The Balaban J connectivity index is 1.93. The first kappa shape index (κ1) is 21.5. The lowest BCUT2D eigenvalue weighted by Crippen LogP contribution is -2.46. The fraction of sp³-hybridized carbons (Fsp3) is 0.316. The van der Waals surface area contributed by atoms with Gasteiger partial charge < -0.3 is 14.8 Å². The number of ether oxygens (including phenoxy) is 2. The molecule has 152 valence electrons. The van der Waals surface area contributed by atoms with Gasteiger partial charge in [-0.15, -0.1) is 0 Å². The minimum atomic E-state index is -3.81. The molecule has 28 heavy (non-hydrogen) atoms. The molecule has 0 aliphatic heterocycles. The molecule has 2 aromatic carbocycles. The molecule has 0 fully saturated rings. The first-order valence-electron chi connectivity index (χ1n) is 8.63. The molecule has 0 aliphatic carbocycles. The SMILES string of the molecule is COc1cccc(OCCNC(=O)CN(c2ccccc2)S(=O)(=O)N(C)C)c1. The highest BCUT2D eigenvalue weighted by Gasteiger charge is 2.26. The van der Waals surface area contributed by atoms with Crippen LogP contribution in [0.1, 0.15) is 0 Å². The Morgan fingerprint density at radius 3 is 2.36 bits per heavy atom. The number of anilines is 1. The number of hydrogen-bond donors (Lipinski definition) is 1. The predicted octanol–water partition coefficient (Wildman–Crippen LogP) is 1.50. The Morgan fingerprint density at radius 2 is 1.71 bits per heavy atom. The van der Waals surface area contributed by atoms with E-state index in [1.54, 1.807) is 61.7 Å². The van der Waals surface area contributed by atoms with Crippen molar-refractivity contribution in [3.05, 3.63) is 54.6 Å². The molecule has 1 N–H and O–H groups in total. The molecule has 1 amide bonds. The maximum Gasteiger partial charge on any atom is 0.304 e. The highest BCUT2D eigenvalue weighted by Crippen LogP contribution is 2.19. The van der Waals surface area contributed by atoms with E-state index in [2.05, 4.69) is 5.32 Å². The number of carbonyl (C=O) groups excluding carboxylic acids is 1. The Kier molecular flexibility index (Phi) is 7.65. The second-order valence-corrected chi connectivity index (χ2v) is 8.08. The van der Waals surface area contributed by atoms with E-state index < -0.39 is 16.1 Å². The third kappa shape index (κ3) is 5.86. The quantitative estimate of drug-likeness (QED) is 0.603. The van der Waals surface area contributed by atoms with Gasteiger partial charge in [-0.05, 0) is 24.3 Å². The predicted molar refractivity (Wildman–Crippen MR) is 108 cm³/mol. The summed E-state index contributed by atoms with van der Waals surface area (Å²) in [6.07, 6.45) is 0. The van der Waals surface area contributed by atoms with Crippen molar-refractivity contribution in [2.45, 2.75) is 0 Å². The van der Waals surface area contributed by atoms with Crippen LogP contribution < -0.4 is 19.1 Å². The standard InChI is InChI=1S/C19H25N3O5S/c1-21(2)28(24,25)22(16-8-5-4-6-9-16)15-19(23)20-12-13-27-18-11-7-10-17(14-18)26-3/h4-11,14H,12-13,15H2,1-3H3,(H,20,23). The molecule has 2 rings (SSSR count). The minimum Gasteiger partial charge on any atom is -0.497 e. The normalized spacial score (nSPS) is 11.1. The maximum absolute atomic E-state index is 12.6. The number of para-hydroxylation sites is 1. The molecule has 0 aromatic heterocycles. The summed E-state index contributed by atoms with van der Waals surface area (Å²) >= 11 is 0. The first-order chi connectivity index (χ1) is 13.3. The molecule has 0 heterocycles. The third-order valence-electron chi connectivity index (χ3n) is 3.81. The fourth-order valence-electron chi connectivity index (χ4n) is 2.33. The molecule has 0 saturated heterocycles. The Labute approximate surface area is 165 Å². The number of benzene rings is 2. The molecule has 0 unspecified atom stereocenters. The van der Waals surface area contributed by atoms with Gasteiger partial charge >= 0.3 is 10.2 Å². The number of carbonyl (C=O) groups is 1. The van der Waals surface area contributed by atoms with Gasteiger partial charge in [0.15, 0.2) is 0 Å². The summed E-state index contributed by atoms with van der Waals surface area (Å²) < 4.78 is 38.0. The topological polar surface area (TPSA) is 88.2 Å². The van der Waals surface area contributed by atoms with Crippen LogP contribution in [0.3, 0.4) is 0 Å². The maximum atomic E-state index is 12.6. The van der Waals surface area contributed by atoms with Crippen molar-refractivity contribution < 1.29 is 22.7 Å². The monoisotopic (exact) mass is 407 g/mol. The second-order valence-electron chi connectivity index (χ2n) is 6.01. The Bertz CT molecular complexity index is 872. The van der Waals surface area contributed by atoms with Crippen molar-refractivity contribution in [1.82, 2.24) is 9.62 Å². The smallest absolute Gasteiger partial charge is 0.304 e. The molecular formula is C19H25N3O5S. The summed E-state index contributed by atoms with van der Waals surface area (Å²) in [5.41, 5.74) is 0.416. The van der Waals surface area contributed by atoms with E-state index in [9.17, 15) is 13.2 Å². The minimum absolute atomic E-state index is 0.237. The number of methoxy groups -OCH3 is 1. The highest BCUT2D eigenvalue weighted by atomic mass is 32.2. The van der Waals surface area contributed by atoms with Gasteiger partial charge in [0, 0.05) is 20.2 Å². The van der Waals surface area contributed by atoms with Crippen molar-refractivity contribution >= 4 is 21.8 Å². The van der Waals surface area contributed by atoms with E-state index in [0.29, 0.717) is 17.2 Å². The number of nitrogens with one attached hydrogen (secondary N) is 1. The van der Waals surface area contributed by atoms with E-state index >= 15 is 0 Å². The van der Waals surface area contributed by atoms with Crippen LogP contribution in [0.2, 0.25) is 0 Å². The molecule has 0 bridgehead atoms. The van der Waals surface area contributed by atoms with Crippen LogP contribution >= 0.6 is 0 Å². The van der Waals surface area contributed by atoms with Gasteiger partial charge in [0.25, 0.3) is 0 Å². The lowest BCUT2D eigenvalue weighted by molar-refractivity contribution is -0.119. The van der Waals surface area contributed by atoms with Crippen LogP contribution in [0.4, 0.5) is 5.69 Å². The zero-order valence-electron chi connectivity index (χ0n) is 16.2. The lowest BCUT2D eigenvalue weighted by Gasteiger charge is -2.26. The molecule has 0 atom stereocenters. The zero-order valence-corrected chi connectivity index (χ0v) is 17.0. The molecule has 8 nitrogen and oxygen atoms in total. The molecule has 0 radical (unpaired) electrons. The number of rotatable bonds is 10. The van der Waals surface area contributed by atoms with Crippen molar-refractivity contribution in [1.29, 1.82) is 0 Å². The summed E-state index contributed by atoms with van der Waals surface area (Å²) in [6, 6.07) is 15.6. The summed E-state index contributed by atoms with van der Waals surface area (Å²) in [6.45, 7) is 0.148. The fourth-order valence-corrected chi connectivity index (χ4v) is 3.40. The largest absolute Gasteiger partial charge is 0.497 e. The molecule has 0 saturated carbocycles. The van der Waals surface area contributed by atoms with Gasteiger partial charge in [-0.25, -0.2) is 4.31 Å². The van der Waals surface area contributed by atoms with E-state index in [0.717, 1.165) is 8.61 Å². The van der Waals surface area contributed by atoms with Gasteiger partial charge in [-0.2, -0.15) is 12.7 Å². The van der Waals surface area contributed by atoms with Crippen molar-refractivity contribution in [2.24, 2.45) is 0 Å². The van der Waals surface area contributed by atoms with Crippen LogP contribution in [0.5, 0.6) is 11.5 Å². The third-order valence-corrected chi connectivity index (χ3v) is 5.63. The Hall–Kier alpha value is -2.78. The van der Waals surface area contributed by atoms with Crippen LogP contribution in [0.15, 0.2) is 54.6 Å². The molecule has 2 aromatic rings. The van der Waals surface area contributed by atoms with Gasteiger partial charge in [-0.3, -0.25) is 4.79 Å². The number of hydrogen-bond acceptors (Lipinski definition) is 5. The number of nitrogens with zero attached hydrogens (tertiary/aromatic N) is 2. The average Bonchev–Trinajstić information content (AvgIpc) is 2.70. The van der Waals surface area contributed by atoms with Crippen molar-refractivity contribution in [2.75, 3.05) is 45.2 Å². The summed E-state index contributed by atoms with van der Waals surface area (Å²) in [4.78, 5) is 12.3. The summed E-state index contributed by atoms with van der Waals surface area (Å²) in [5.74, 6) is 0.868. The van der Waals surface area contributed by atoms with Gasteiger partial charge in [0.2, 0.25) is 5.91 Å². The second kappa shape index (κ2) is 9.95. The highest BCUT2D eigenvalue weighted by molar-refractivity contribution is 7.90. The zero-order chi connectivity index (χ0) is 20.6. The summed E-state index contributed by atoms with van der Waals surface area (Å²) in [5, 5.41) is 2.67. The number of amides is 1. The van der Waals surface area contributed by atoms with Gasteiger partial charge in [-0.1, -0.05) is 24.3 Å². The Morgan fingerprint density at radius 1 is 1.04 bits per heavy atom. The van der Waals surface area contributed by atoms with Crippen molar-refractivity contribution in [3.8, 4) is 11.5 Å². The van der Waals surface area contributed by atoms with Gasteiger partial charge in [0.05, 0.1) is 19.3 Å². The van der Waals surface area contributed by atoms with Crippen molar-refractivity contribution in [3.63, 3.8) is 0 Å². The van der Waals surface area contributed by atoms with E-state index in [-0.39, 0.29) is 19.7 Å². The van der Waals surface area contributed by atoms with E-state index in [1.165, 1.54) is 14.1 Å².